The van der Waals surface area contributed by atoms with Crippen LogP contribution in [-0.4, -0.2) is 44.0 Å². The van der Waals surface area contributed by atoms with Gasteiger partial charge in [-0.05, 0) is 112 Å². The Balaban J connectivity index is 0.000000145. The zero-order chi connectivity index (χ0) is 89.9. The van der Waals surface area contributed by atoms with Gasteiger partial charge in [0.25, 0.3) is 0 Å². The number of furan rings is 2. The molecule has 0 saturated carbocycles. The second-order valence-electron chi connectivity index (χ2n) is 34.1. The predicted molar refractivity (Wildman–Crippen MR) is 557 cm³/mol. The summed E-state index contributed by atoms with van der Waals surface area (Å²) in [7, 11) is 0. The first kappa shape index (κ1) is 79.7. The Morgan fingerprint density at radius 3 is 0.860 bits per heavy atom. The van der Waals surface area contributed by atoms with Crippen LogP contribution in [0.4, 0.5) is 0 Å². The van der Waals surface area contributed by atoms with E-state index in [9.17, 15) is 0 Å². The Hall–Kier alpha value is -18.5. The van der Waals surface area contributed by atoms with Gasteiger partial charge in [0.15, 0.2) is 34.5 Å². The fourth-order valence-corrected chi connectivity index (χ4v) is 19.5. The summed E-state index contributed by atoms with van der Waals surface area (Å²) in [6, 6.07) is 167. The predicted octanol–water partition coefficient (Wildman–Crippen LogP) is 32.5. The molecular formula is C125H79N9O2. The van der Waals surface area contributed by atoms with E-state index < -0.39 is 0 Å². The molecule has 0 bridgehead atoms. The van der Waals surface area contributed by atoms with Crippen LogP contribution in [-0.2, 0) is 0 Å². The van der Waals surface area contributed by atoms with Gasteiger partial charge in [0.1, 0.15) is 22.9 Å². The molecule has 11 nitrogen and oxygen atoms in total. The minimum Gasteiger partial charge on any atom is -0.453 e. The molecule has 11 heteroatoms. The van der Waals surface area contributed by atoms with Gasteiger partial charge in [-0.2, -0.15) is 0 Å². The molecule has 8 aromatic heterocycles. The first-order valence-electron chi connectivity index (χ1n) is 45.7. The Kier molecular flexibility index (Phi) is 20.0. The van der Waals surface area contributed by atoms with Gasteiger partial charge in [0.2, 0.25) is 0 Å². The molecule has 0 aliphatic rings. The summed E-state index contributed by atoms with van der Waals surface area (Å²) in [4.78, 5) is 36.3. The summed E-state index contributed by atoms with van der Waals surface area (Å²) in [6.45, 7) is 0. The quantitative estimate of drug-likeness (QED) is 0.0929. The van der Waals surface area contributed by atoms with Crippen LogP contribution < -0.4 is 0 Å². The molecule has 26 rings (SSSR count). The standard InChI is InChI=1S/C63H40N4O.C62H39N5O/c1-4-18-43(19-5-1)58-59-52-30-10-13-31-53(52)64-60(62(59)68-61(58)44-20-6-2-7-21-44)48-26-16-24-46(38-48)41-34-36-42(37-35-41)54-40-55(66-63(65-54)45-22-8-3-9-23-45)47-25-17-27-49(39-47)67-56-32-14-11-28-50(56)51-29-12-15-33-57(51)67;1-4-18-41(19-5-1)55-56-51-30-10-13-31-52(51)63-57(59(56)68-58(55)42-20-6-2-7-21-42)46-25-16-24-45(38-46)40-34-36-44(37-35-40)61-64-60(43-22-8-3-9-23-43)65-62(66-61)47-26-17-27-48(39-47)67-53-32-14-11-28-49(53)50-29-12-15-33-54(50)67/h1-40H;1-39H. The summed E-state index contributed by atoms with van der Waals surface area (Å²) in [5.41, 5.74) is 31.6. The lowest BCUT2D eigenvalue weighted by Gasteiger charge is -2.13. The molecule has 0 spiro atoms. The molecule has 636 valence electrons. The van der Waals surface area contributed by atoms with Crippen LogP contribution in [0, 0.1) is 0 Å². The molecule has 26 aromatic rings. The SMILES string of the molecule is c1ccc(-c2nc(-c3ccc(-c4cccc(-c5nc6ccccc6c6c(-c7ccccc7)c(-c7ccccc7)oc56)c4)cc3)cc(-c3cccc(-n4c5ccccc5c5ccccc54)c3)n2)cc1.c1ccc(-c2nc(-c3ccc(-c4cccc(-c5nc6ccccc6c6c(-c7ccccc7)c(-c7ccccc7)oc56)c4)cc3)nc(-c3cccc(-n4c5ccccc5c5ccccc54)c3)n2)cc1. The van der Waals surface area contributed by atoms with Crippen molar-refractivity contribution >= 4 is 87.4 Å². The highest BCUT2D eigenvalue weighted by atomic mass is 16.3. The summed E-state index contributed by atoms with van der Waals surface area (Å²) < 4.78 is 18.7. The Labute approximate surface area is 783 Å². The van der Waals surface area contributed by atoms with Gasteiger partial charge in [0.05, 0.1) is 44.5 Å². The molecule has 136 heavy (non-hydrogen) atoms. The fraction of sp³-hybridized carbons (Fsp3) is 0. The number of fused-ring (bicyclic) bond motifs is 12. The van der Waals surface area contributed by atoms with Crippen LogP contribution in [0.5, 0.6) is 0 Å². The van der Waals surface area contributed by atoms with E-state index >= 15 is 0 Å². The number of para-hydroxylation sites is 6. The normalized spacial score (nSPS) is 11.5. The Morgan fingerprint density at radius 1 is 0.169 bits per heavy atom. The van der Waals surface area contributed by atoms with Crippen molar-refractivity contribution in [3.63, 3.8) is 0 Å². The first-order chi connectivity index (χ1) is 67.4. The summed E-state index contributed by atoms with van der Waals surface area (Å²) in [5.74, 6) is 4.15. The van der Waals surface area contributed by atoms with Crippen molar-refractivity contribution in [3.8, 4) is 169 Å². The van der Waals surface area contributed by atoms with Crippen LogP contribution in [0.3, 0.4) is 0 Å². The van der Waals surface area contributed by atoms with Crippen LogP contribution in [0.25, 0.3) is 256 Å². The molecule has 0 aliphatic carbocycles. The third-order valence-corrected chi connectivity index (χ3v) is 25.9. The van der Waals surface area contributed by atoms with Crippen molar-refractivity contribution < 1.29 is 8.83 Å². The van der Waals surface area contributed by atoms with Crippen LogP contribution >= 0.6 is 0 Å². The third-order valence-electron chi connectivity index (χ3n) is 25.9. The van der Waals surface area contributed by atoms with Crippen molar-refractivity contribution in [2.24, 2.45) is 0 Å². The Bertz CT molecular complexity index is 8440. The molecule has 0 fully saturated rings. The monoisotopic (exact) mass is 1740 g/mol. The smallest absolute Gasteiger partial charge is 0.164 e. The van der Waals surface area contributed by atoms with Gasteiger partial charge in [-0.15, -0.1) is 0 Å². The minimum atomic E-state index is 0.598. The molecule has 18 aromatic carbocycles. The maximum absolute atomic E-state index is 7.01. The van der Waals surface area contributed by atoms with Gasteiger partial charge < -0.3 is 18.0 Å². The first-order valence-corrected chi connectivity index (χ1v) is 45.7. The van der Waals surface area contributed by atoms with E-state index in [0.717, 1.165) is 201 Å². The van der Waals surface area contributed by atoms with Gasteiger partial charge in [-0.3, -0.25) is 0 Å². The lowest BCUT2D eigenvalue weighted by Crippen LogP contribution is -2.01. The lowest BCUT2D eigenvalue weighted by atomic mass is 9.95. The molecule has 0 saturated heterocycles. The summed E-state index contributed by atoms with van der Waals surface area (Å²) in [6.07, 6.45) is 0. The number of rotatable bonds is 16. The molecular weight excluding hydrogens is 1660 g/mol. The number of hydrogen-bond acceptors (Lipinski definition) is 9. The topological polar surface area (TPSA) is 126 Å². The lowest BCUT2D eigenvalue weighted by molar-refractivity contribution is 0.632. The number of pyridine rings is 2. The van der Waals surface area contributed by atoms with Crippen molar-refractivity contribution in [3.05, 3.63) is 479 Å². The third kappa shape index (κ3) is 14.5. The van der Waals surface area contributed by atoms with Crippen LogP contribution in [0.2, 0.25) is 0 Å². The molecule has 0 amide bonds. The minimum absolute atomic E-state index is 0.598. The maximum atomic E-state index is 7.01. The van der Waals surface area contributed by atoms with Crippen molar-refractivity contribution in [2.45, 2.75) is 0 Å². The van der Waals surface area contributed by atoms with Crippen molar-refractivity contribution in [1.82, 2.24) is 44.0 Å². The van der Waals surface area contributed by atoms with E-state index in [1.54, 1.807) is 0 Å². The molecule has 0 N–H and O–H groups in total. The average molecular weight is 1740 g/mol. The molecule has 0 unspecified atom stereocenters. The molecule has 8 heterocycles. The zero-order valence-corrected chi connectivity index (χ0v) is 73.5. The average Bonchev–Trinajstić information content (AvgIpc) is 1.49. The van der Waals surface area contributed by atoms with E-state index in [0.29, 0.717) is 23.3 Å². The second kappa shape index (κ2) is 34.1. The van der Waals surface area contributed by atoms with E-state index in [4.69, 9.17) is 43.7 Å². The number of nitrogens with zero attached hydrogens (tertiary/aromatic N) is 9. The van der Waals surface area contributed by atoms with Gasteiger partial charge in [-0.25, -0.2) is 34.9 Å². The summed E-state index contributed by atoms with van der Waals surface area (Å²) in [5, 5.41) is 9.11. The van der Waals surface area contributed by atoms with Crippen molar-refractivity contribution in [2.75, 3.05) is 0 Å². The zero-order valence-electron chi connectivity index (χ0n) is 73.5. The highest BCUT2D eigenvalue weighted by molar-refractivity contribution is 6.20. The van der Waals surface area contributed by atoms with E-state index in [-0.39, 0.29) is 0 Å². The van der Waals surface area contributed by atoms with E-state index in [2.05, 4.69) is 416 Å². The summed E-state index contributed by atoms with van der Waals surface area (Å²) >= 11 is 0. The van der Waals surface area contributed by atoms with Crippen molar-refractivity contribution in [1.29, 1.82) is 0 Å². The van der Waals surface area contributed by atoms with Gasteiger partial charge >= 0.3 is 0 Å². The van der Waals surface area contributed by atoms with E-state index in [1.165, 1.54) is 32.6 Å². The second-order valence-corrected chi connectivity index (χ2v) is 34.1. The highest BCUT2D eigenvalue weighted by Crippen LogP contribution is 2.50. The van der Waals surface area contributed by atoms with E-state index in [1.807, 2.05) is 72.8 Å². The largest absolute Gasteiger partial charge is 0.453 e. The molecule has 0 atom stereocenters. The molecule has 0 radical (unpaired) electrons. The van der Waals surface area contributed by atoms with Gasteiger partial charge in [0, 0.05) is 121 Å². The number of benzene rings is 18. The molecule has 0 aliphatic heterocycles. The highest BCUT2D eigenvalue weighted by Gasteiger charge is 2.28. The van der Waals surface area contributed by atoms with Gasteiger partial charge in [-0.1, -0.05) is 400 Å². The fourth-order valence-electron chi connectivity index (χ4n) is 19.5. The van der Waals surface area contributed by atoms with Crippen LogP contribution in [0.1, 0.15) is 0 Å². The number of hydrogen-bond donors (Lipinski definition) is 0. The van der Waals surface area contributed by atoms with Crippen LogP contribution in [0.15, 0.2) is 488 Å². The Morgan fingerprint density at radius 2 is 0.449 bits per heavy atom. The number of aromatic nitrogens is 9. The maximum Gasteiger partial charge on any atom is 0.164 e.